The first-order valence-corrected chi connectivity index (χ1v) is 17.4. The SMILES string of the molecule is Cc1cc(C)c(C2=C3C(c4ccccc4)=CC(c4ccc(Br)cc4)=[N+]3[B]n3c(-c4ccc(Br)cc4)cc(-c4ccccc4)c32)c(C)c1. The lowest BCUT2D eigenvalue weighted by atomic mass is 9.82. The van der Waals surface area contributed by atoms with Crippen LogP contribution in [0.2, 0.25) is 0 Å². The van der Waals surface area contributed by atoms with Crippen molar-refractivity contribution in [3.63, 3.8) is 0 Å². The van der Waals surface area contributed by atoms with E-state index in [2.05, 4.69) is 203 Å². The molecule has 0 saturated heterocycles. The van der Waals surface area contributed by atoms with Crippen LogP contribution in [-0.2, 0) is 0 Å². The van der Waals surface area contributed by atoms with E-state index in [1.807, 2.05) is 0 Å². The Morgan fingerprint density at radius 3 is 1.74 bits per heavy atom. The van der Waals surface area contributed by atoms with E-state index < -0.39 is 0 Å². The van der Waals surface area contributed by atoms with Gasteiger partial charge in [0, 0.05) is 31.8 Å². The summed E-state index contributed by atoms with van der Waals surface area (Å²) in [5.74, 6) is 0. The second kappa shape index (κ2) is 12.0. The van der Waals surface area contributed by atoms with Crippen LogP contribution in [0.3, 0.4) is 0 Å². The number of hydrogen-bond donors (Lipinski definition) is 0. The van der Waals surface area contributed by atoms with Crippen molar-refractivity contribution in [2.75, 3.05) is 0 Å². The topological polar surface area (TPSA) is 7.94 Å². The highest BCUT2D eigenvalue weighted by Crippen LogP contribution is 2.48. The number of allylic oxidation sites excluding steroid dienone is 2. The lowest BCUT2D eigenvalue weighted by Crippen LogP contribution is -2.33. The van der Waals surface area contributed by atoms with Crippen LogP contribution in [0.15, 0.2) is 148 Å². The summed E-state index contributed by atoms with van der Waals surface area (Å²) >= 11 is 7.31. The van der Waals surface area contributed by atoms with Gasteiger partial charge < -0.3 is 4.48 Å². The maximum absolute atomic E-state index is 3.66. The molecule has 0 unspecified atom stereocenters. The molecule has 47 heavy (non-hydrogen) atoms. The van der Waals surface area contributed by atoms with Crippen molar-refractivity contribution in [3.05, 3.63) is 187 Å². The van der Waals surface area contributed by atoms with E-state index in [0.717, 1.165) is 31.5 Å². The summed E-state index contributed by atoms with van der Waals surface area (Å²) < 4.78 is 6.97. The summed E-state index contributed by atoms with van der Waals surface area (Å²) in [5.41, 5.74) is 18.2. The van der Waals surface area contributed by atoms with E-state index in [0.29, 0.717) is 0 Å². The fourth-order valence-electron chi connectivity index (χ4n) is 7.20. The van der Waals surface area contributed by atoms with Crippen LogP contribution in [0.25, 0.3) is 33.5 Å². The number of aryl methyl sites for hydroxylation is 3. The van der Waals surface area contributed by atoms with Crippen molar-refractivity contribution < 1.29 is 4.49 Å². The third kappa shape index (κ3) is 5.22. The van der Waals surface area contributed by atoms with E-state index in [-0.39, 0.29) is 0 Å². The van der Waals surface area contributed by atoms with Crippen molar-refractivity contribution in [1.82, 2.24) is 4.48 Å². The van der Waals surface area contributed by atoms with Gasteiger partial charge in [0.2, 0.25) is 5.70 Å². The summed E-state index contributed by atoms with van der Waals surface area (Å²) in [6.07, 6.45) is 2.37. The molecule has 0 fully saturated rings. The van der Waals surface area contributed by atoms with Crippen LogP contribution >= 0.6 is 31.9 Å². The molecule has 0 saturated carbocycles. The van der Waals surface area contributed by atoms with Gasteiger partial charge in [0.1, 0.15) is 0 Å². The smallest absolute Gasteiger partial charge is 0.317 e. The van der Waals surface area contributed by atoms with Gasteiger partial charge >= 0.3 is 7.55 Å². The van der Waals surface area contributed by atoms with E-state index in [9.17, 15) is 0 Å². The van der Waals surface area contributed by atoms with Gasteiger partial charge in [-0.25, -0.2) is 0 Å². The lowest BCUT2D eigenvalue weighted by molar-refractivity contribution is -0.310. The molecule has 3 heterocycles. The Hall–Kier alpha value is -4.45. The molecule has 2 nitrogen and oxygen atoms in total. The van der Waals surface area contributed by atoms with Crippen LogP contribution in [0, 0.1) is 20.8 Å². The van der Waals surface area contributed by atoms with Gasteiger partial charge in [0.05, 0.1) is 16.8 Å². The van der Waals surface area contributed by atoms with Crippen LogP contribution in [0.4, 0.5) is 0 Å². The van der Waals surface area contributed by atoms with Crippen molar-refractivity contribution in [3.8, 4) is 22.4 Å². The Bertz CT molecular complexity index is 2250. The van der Waals surface area contributed by atoms with E-state index in [4.69, 9.17) is 0 Å². The first kappa shape index (κ1) is 29.9. The molecule has 5 heteroatoms. The molecule has 0 atom stereocenters. The van der Waals surface area contributed by atoms with Gasteiger partial charge in [-0.05, 0) is 96.6 Å². The molecule has 0 aliphatic carbocycles. The molecule has 225 valence electrons. The number of rotatable bonds is 5. The molecular weight excluding hydrogens is 703 g/mol. The molecule has 2 aliphatic rings. The molecule has 2 aliphatic heterocycles. The van der Waals surface area contributed by atoms with E-state index in [1.165, 1.54) is 61.5 Å². The maximum atomic E-state index is 3.66. The largest absolute Gasteiger partial charge is 0.700 e. The predicted molar refractivity (Wildman–Crippen MR) is 204 cm³/mol. The zero-order valence-electron chi connectivity index (χ0n) is 26.4. The standard InChI is InChI=1S/C42H31BBr2N2/c1-26-22-27(2)39(28(3)23-26)40-41-35(29-10-6-4-7-11-29)24-37(31-14-18-33(44)19-15-31)46(41)43-47-38(32-16-20-34(45)21-17-32)25-36(42(40)47)30-12-8-5-9-13-30/h4-25H,1-3H3/q+1. The van der Waals surface area contributed by atoms with Crippen molar-refractivity contribution in [1.29, 1.82) is 0 Å². The average molecular weight is 734 g/mol. The Morgan fingerprint density at radius 1 is 0.596 bits per heavy atom. The zero-order chi connectivity index (χ0) is 32.2. The normalized spacial score (nSPS) is 13.8. The van der Waals surface area contributed by atoms with Crippen LogP contribution in [0.1, 0.15) is 39.1 Å². The van der Waals surface area contributed by atoms with E-state index >= 15 is 0 Å². The third-order valence-electron chi connectivity index (χ3n) is 9.15. The Balaban J connectivity index is 1.55. The van der Waals surface area contributed by atoms with Gasteiger partial charge in [-0.2, -0.15) is 0 Å². The molecular formula is C42H31BBr2N2+. The number of aromatic nitrogens is 1. The second-order valence-electron chi connectivity index (χ2n) is 12.3. The fourth-order valence-corrected chi connectivity index (χ4v) is 7.73. The lowest BCUT2D eigenvalue weighted by Gasteiger charge is -2.25. The summed E-state index contributed by atoms with van der Waals surface area (Å²) in [5, 5.41) is 0. The number of nitrogens with zero attached hydrogens (tertiary/aromatic N) is 2. The van der Waals surface area contributed by atoms with Crippen LogP contribution in [-0.4, -0.2) is 22.2 Å². The molecule has 5 aromatic carbocycles. The van der Waals surface area contributed by atoms with Gasteiger partial charge in [-0.1, -0.05) is 122 Å². The average Bonchev–Trinajstić information content (AvgIpc) is 3.65. The van der Waals surface area contributed by atoms with Crippen LogP contribution < -0.4 is 0 Å². The molecule has 1 aromatic heterocycles. The molecule has 6 aromatic rings. The van der Waals surface area contributed by atoms with E-state index in [1.54, 1.807) is 0 Å². The highest BCUT2D eigenvalue weighted by Gasteiger charge is 2.45. The first-order chi connectivity index (χ1) is 22.9. The number of benzene rings is 5. The highest BCUT2D eigenvalue weighted by atomic mass is 79.9. The Kier molecular flexibility index (Phi) is 7.62. The minimum Gasteiger partial charge on any atom is -0.317 e. The van der Waals surface area contributed by atoms with Crippen molar-refractivity contribution in [2.45, 2.75) is 20.8 Å². The van der Waals surface area contributed by atoms with Gasteiger partial charge in [0.15, 0.2) is 5.71 Å². The predicted octanol–water partition coefficient (Wildman–Crippen LogP) is 11.0. The number of halogens is 2. The highest BCUT2D eigenvalue weighted by molar-refractivity contribution is 9.10. The Labute approximate surface area is 294 Å². The molecule has 0 bridgehead atoms. The maximum Gasteiger partial charge on any atom is 0.700 e. The molecule has 0 spiro atoms. The van der Waals surface area contributed by atoms with Crippen molar-refractivity contribution >= 4 is 56.3 Å². The zero-order valence-corrected chi connectivity index (χ0v) is 29.6. The quantitative estimate of drug-likeness (QED) is 0.156. The van der Waals surface area contributed by atoms with Crippen LogP contribution in [0.5, 0.6) is 0 Å². The molecule has 0 amide bonds. The summed E-state index contributed by atoms with van der Waals surface area (Å²) in [6.45, 7) is 6.71. The Morgan fingerprint density at radius 2 is 1.15 bits per heavy atom. The van der Waals surface area contributed by atoms with Gasteiger partial charge in [0.25, 0.3) is 0 Å². The first-order valence-electron chi connectivity index (χ1n) is 15.8. The number of hydrogen-bond acceptors (Lipinski definition) is 0. The molecule has 0 N–H and O–H groups in total. The minimum absolute atomic E-state index is 1.06. The molecule has 8 rings (SSSR count). The number of fused-ring (bicyclic) bond motifs is 2. The van der Waals surface area contributed by atoms with Gasteiger partial charge in [-0.3, -0.25) is 4.49 Å². The second-order valence-corrected chi connectivity index (χ2v) is 14.2. The third-order valence-corrected chi connectivity index (χ3v) is 10.2. The summed E-state index contributed by atoms with van der Waals surface area (Å²) in [6, 6.07) is 46.0. The molecule has 1 radical (unpaired) electrons. The summed E-state index contributed by atoms with van der Waals surface area (Å²) in [7, 11) is 2.31. The summed E-state index contributed by atoms with van der Waals surface area (Å²) in [4.78, 5) is 0. The monoisotopic (exact) mass is 732 g/mol. The minimum atomic E-state index is 1.06. The van der Waals surface area contributed by atoms with Crippen molar-refractivity contribution in [2.24, 2.45) is 0 Å². The fraction of sp³-hybridized carbons (Fsp3) is 0.0714. The van der Waals surface area contributed by atoms with Gasteiger partial charge in [-0.15, -0.1) is 0 Å².